The highest BCUT2D eigenvalue weighted by Gasteiger charge is 2.27. The predicted molar refractivity (Wildman–Crippen MR) is 93.8 cm³/mol. The van der Waals surface area contributed by atoms with Crippen molar-refractivity contribution in [3.05, 3.63) is 35.4 Å². The standard InChI is InChI=1S/C21H34/c1-4-6-8-18(7-5-2)20-13-15-21(16-14-20)19-11-9-17(3)10-12-19/h9-12,18,20-21H,4-8,13-16H2,1-3H3. The Balaban J connectivity index is 1.87. The van der Waals surface area contributed by atoms with Gasteiger partial charge in [-0.15, -0.1) is 0 Å². The van der Waals surface area contributed by atoms with Crippen LogP contribution >= 0.6 is 0 Å². The van der Waals surface area contributed by atoms with Crippen LogP contribution < -0.4 is 0 Å². The van der Waals surface area contributed by atoms with Gasteiger partial charge in [-0.1, -0.05) is 75.8 Å². The summed E-state index contributed by atoms with van der Waals surface area (Å²) in [6.07, 6.45) is 12.9. The zero-order chi connectivity index (χ0) is 15.1. The van der Waals surface area contributed by atoms with Gasteiger partial charge in [0.05, 0.1) is 0 Å². The summed E-state index contributed by atoms with van der Waals surface area (Å²) in [4.78, 5) is 0. The molecule has 0 nitrogen and oxygen atoms in total. The van der Waals surface area contributed by atoms with Gasteiger partial charge in [0.2, 0.25) is 0 Å². The monoisotopic (exact) mass is 286 g/mol. The Hall–Kier alpha value is -0.780. The molecule has 0 radical (unpaired) electrons. The van der Waals surface area contributed by atoms with Crippen LogP contribution in [0.5, 0.6) is 0 Å². The summed E-state index contributed by atoms with van der Waals surface area (Å²) in [6.45, 7) is 6.87. The summed E-state index contributed by atoms with van der Waals surface area (Å²) < 4.78 is 0. The van der Waals surface area contributed by atoms with Crippen LogP contribution in [0.25, 0.3) is 0 Å². The first-order chi connectivity index (χ1) is 10.2. The van der Waals surface area contributed by atoms with Crippen molar-refractivity contribution in [3.63, 3.8) is 0 Å². The maximum atomic E-state index is 2.36. The normalized spacial score (nSPS) is 24.0. The fraction of sp³-hybridized carbons (Fsp3) is 0.714. The summed E-state index contributed by atoms with van der Waals surface area (Å²) in [5, 5.41) is 0. The third-order valence-corrected chi connectivity index (χ3v) is 5.58. The number of benzene rings is 1. The lowest BCUT2D eigenvalue weighted by Crippen LogP contribution is -2.21. The van der Waals surface area contributed by atoms with Gasteiger partial charge < -0.3 is 0 Å². The molecule has 1 unspecified atom stereocenters. The number of rotatable bonds is 7. The maximum Gasteiger partial charge on any atom is -0.0162 e. The Kier molecular flexibility index (Phi) is 6.80. The van der Waals surface area contributed by atoms with E-state index in [2.05, 4.69) is 45.0 Å². The molecule has 0 heterocycles. The Morgan fingerprint density at radius 1 is 0.905 bits per heavy atom. The van der Waals surface area contributed by atoms with Gasteiger partial charge in [-0.2, -0.15) is 0 Å². The Labute approximate surface area is 132 Å². The topological polar surface area (TPSA) is 0 Å². The van der Waals surface area contributed by atoms with Crippen LogP contribution in [0.15, 0.2) is 24.3 Å². The summed E-state index contributed by atoms with van der Waals surface area (Å²) in [5.74, 6) is 2.85. The summed E-state index contributed by atoms with van der Waals surface area (Å²) in [7, 11) is 0. The molecule has 0 amide bonds. The van der Waals surface area contributed by atoms with E-state index >= 15 is 0 Å². The van der Waals surface area contributed by atoms with E-state index in [1.54, 1.807) is 5.56 Å². The van der Waals surface area contributed by atoms with Crippen molar-refractivity contribution in [2.45, 2.75) is 84.5 Å². The van der Waals surface area contributed by atoms with Gasteiger partial charge in [-0.05, 0) is 55.9 Å². The largest absolute Gasteiger partial charge is 0.0654 e. The highest BCUT2D eigenvalue weighted by Crippen LogP contribution is 2.41. The molecule has 1 aromatic rings. The van der Waals surface area contributed by atoms with Crippen molar-refractivity contribution < 1.29 is 0 Å². The van der Waals surface area contributed by atoms with Gasteiger partial charge >= 0.3 is 0 Å². The molecule has 0 spiro atoms. The quantitative estimate of drug-likeness (QED) is 0.512. The highest BCUT2D eigenvalue weighted by molar-refractivity contribution is 5.24. The lowest BCUT2D eigenvalue weighted by atomic mass is 9.71. The number of unbranched alkanes of at least 4 members (excludes halogenated alkanes) is 1. The average Bonchev–Trinajstić information content (AvgIpc) is 2.52. The van der Waals surface area contributed by atoms with E-state index < -0.39 is 0 Å². The first kappa shape index (κ1) is 16.6. The molecule has 0 saturated heterocycles. The van der Waals surface area contributed by atoms with Crippen molar-refractivity contribution in [1.29, 1.82) is 0 Å². The van der Waals surface area contributed by atoms with Gasteiger partial charge in [-0.3, -0.25) is 0 Å². The van der Waals surface area contributed by atoms with Gasteiger partial charge in [0.15, 0.2) is 0 Å². The van der Waals surface area contributed by atoms with E-state index in [4.69, 9.17) is 0 Å². The van der Waals surface area contributed by atoms with E-state index in [1.807, 2.05) is 0 Å². The lowest BCUT2D eigenvalue weighted by Gasteiger charge is -2.34. The molecular weight excluding hydrogens is 252 g/mol. The number of hydrogen-bond acceptors (Lipinski definition) is 0. The number of aryl methyl sites for hydroxylation is 1. The summed E-state index contributed by atoms with van der Waals surface area (Å²) >= 11 is 0. The molecule has 0 aliphatic heterocycles. The van der Waals surface area contributed by atoms with Crippen LogP contribution in [0, 0.1) is 18.8 Å². The first-order valence-corrected chi connectivity index (χ1v) is 9.31. The van der Waals surface area contributed by atoms with Crippen molar-refractivity contribution in [1.82, 2.24) is 0 Å². The van der Waals surface area contributed by atoms with E-state index in [9.17, 15) is 0 Å². The summed E-state index contributed by atoms with van der Waals surface area (Å²) in [6, 6.07) is 9.28. The molecule has 0 N–H and O–H groups in total. The van der Waals surface area contributed by atoms with Crippen molar-refractivity contribution in [3.8, 4) is 0 Å². The Bertz CT molecular complexity index is 381. The molecule has 1 saturated carbocycles. The van der Waals surface area contributed by atoms with Crippen LogP contribution in [0.1, 0.15) is 88.7 Å². The van der Waals surface area contributed by atoms with E-state index in [1.165, 1.54) is 63.4 Å². The lowest BCUT2D eigenvalue weighted by molar-refractivity contribution is 0.207. The third-order valence-electron chi connectivity index (χ3n) is 5.58. The van der Waals surface area contributed by atoms with Gasteiger partial charge in [0, 0.05) is 0 Å². The smallest absolute Gasteiger partial charge is 0.0162 e. The minimum absolute atomic E-state index is 0.829. The minimum atomic E-state index is 0.829. The van der Waals surface area contributed by atoms with Crippen LogP contribution in [0.3, 0.4) is 0 Å². The van der Waals surface area contributed by atoms with E-state index in [0.717, 1.165) is 17.8 Å². The number of hydrogen-bond donors (Lipinski definition) is 0. The highest BCUT2D eigenvalue weighted by atomic mass is 14.3. The molecule has 0 bridgehead atoms. The SMILES string of the molecule is CCCCC(CCC)C1CCC(c2ccc(C)cc2)CC1. The molecule has 1 aromatic carbocycles. The minimum Gasteiger partial charge on any atom is -0.0654 e. The zero-order valence-corrected chi connectivity index (χ0v) is 14.4. The second-order valence-electron chi connectivity index (χ2n) is 7.21. The van der Waals surface area contributed by atoms with E-state index in [-0.39, 0.29) is 0 Å². The van der Waals surface area contributed by atoms with Gasteiger partial charge in [0.1, 0.15) is 0 Å². The van der Waals surface area contributed by atoms with Crippen molar-refractivity contribution >= 4 is 0 Å². The molecule has 118 valence electrons. The van der Waals surface area contributed by atoms with Crippen LogP contribution in [-0.4, -0.2) is 0 Å². The molecule has 1 aliphatic rings. The molecule has 1 atom stereocenters. The molecule has 1 fully saturated rings. The third kappa shape index (κ3) is 4.87. The fourth-order valence-electron chi connectivity index (χ4n) is 4.22. The van der Waals surface area contributed by atoms with Crippen LogP contribution in [-0.2, 0) is 0 Å². The van der Waals surface area contributed by atoms with Crippen LogP contribution in [0.4, 0.5) is 0 Å². The predicted octanol–water partition coefficient (Wildman–Crippen LogP) is 6.88. The van der Waals surface area contributed by atoms with E-state index in [0.29, 0.717) is 0 Å². The second kappa shape index (κ2) is 8.61. The maximum absolute atomic E-state index is 2.36. The molecule has 1 aliphatic carbocycles. The second-order valence-corrected chi connectivity index (χ2v) is 7.21. The molecule has 21 heavy (non-hydrogen) atoms. The molecule has 0 aromatic heterocycles. The van der Waals surface area contributed by atoms with Gasteiger partial charge in [-0.25, -0.2) is 0 Å². The Morgan fingerprint density at radius 2 is 1.57 bits per heavy atom. The molecule has 2 rings (SSSR count). The average molecular weight is 287 g/mol. The summed E-state index contributed by atoms with van der Waals surface area (Å²) in [5.41, 5.74) is 2.97. The fourth-order valence-corrected chi connectivity index (χ4v) is 4.22. The Morgan fingerprint density at radius 3 is 2.14 bits per heavy atom. The molecular formula is C21H34. The van der Waals surface area contributed by atoms with Gasteiger partial charge in [0.25, 0.3) is 0 Å². The van der Waals surface area contributed by atoms with Crippen molar-refractivity contribution in [2.75, 3.05) is 0 Å². The zero-order valence-electron chi connectivity index (χ0n) is 14.4. The molecule has 0 heteroatoms. The van der Waals surface area contributed by atoms with Crippen molar-refractivity contribution in [2.24, 2.45) is 11.8 Å². The van der Waals surface area contributed by atoms with Crippen LogP contribution in [0.2, 0.25) is 0 Å². The first-order valence-electron chi connectivity index (χ1n) is 9.31.